The Morgan fingerprint density at radius 3 is 2.86 bits per heavy atom. The molecule has 1 amide bonds. The molecule has 2 N–H and O–H groups in total. The van der Waals surface area contributed by atoms with E-state index in [0.717, 1.165) is 38.8 Å². The van der Waals surface area contributed by atoms with E-state index in [4.69, 9.17) is 4.74 Å². The van der Waals surface area contributed by atoms with Gasteiger partial charge >= 0.3 is 0 Å². The van der Waals surface area contributed by atoms with Crippen molar-refractivity contribution in [2.24, 2.45) is 0 Å². The van der Waals surface area contributed by atoms with Gasteiger partial charge < -0.3 is 15.0 Å². The van der Waals surface area contributed by atoms with Crippen LogP contribution < -0.4 is 10.1 Å². The van der Waals surface area contributed by atoms with Crippen LogP contribution in [0.5, 0.6) is 5.75 Å². The summed E-state index contributed by atoms with van der Waals surface area (Å²) in [4.78, 5) is 19.6. The van der Waals surface area contributed by atoms with E-state index in [1.807, 2.05) is 67.7 Å². The van der Waals surface area contributed by atoms with Crippen LogP contribution in [0.15, 0.2) is 66.9 Å². The third kappa shape index (κ3) is 3.88. The highest BCUT2D eigenvalue weighted by Crippen LogP contribution is 2.29. The highest BCUT2D eigenvalue weighted by molar-refractivity contribution is 6.08. The van der Waals surface area contributed by atoms with Crippen LogP contribution in [0, 0.1) is 6.92 Å². The van der Waals surface area contributed by atoms with Gasteiger partial charge in [0.25, 0.3) is 0 Å². The Morgan fingerprint density at radius 1 is 1.14 bits per heavy atom. The molecule has 0 bridgehead atoms. The van der Waals surface area contributed by atoms with Gasteiger partial charge in [0.05, 0.1) is 23.3 Å². The molecule has 0 aliphatic carbocycles. The fourth-order valence-electron chi connectivity index (χ4n) is 3.17. The molecule has 2 aromatic heterocycles. The Hall–Kier alpha value is -3.60. The maximum absolute atomic E-state index is 11.9. The number of hydrogen-bond acceptors (Lipinski definition) is 3. The maximum atomic E-state index is 11.9. The Balaban J connectivity index is 1.33. The van der Waals surface area contributed by atoms with Crippen LogP contribution in [-0.4, -0.2) is 29.0 Å². The molecule has 2 heterocycles. The van der Waals surface area contributed by atoms with Crippen molar-refractivity contribution in [1.29, 1.82) is 0 Å². The number of carbonyl (C=O) groups is 1. The highest BCUT2D eigenvalue weighted by Gasteiger charge is 2.07. The zero-order valence-electron chi connectivity index (χ0n) is 15.6. The van der Waals surface area contributed by atoms with Gasteiger partial charge in [-0.25, -0.2) is 0 Å². The van der Waals surface area contributed by atoms with Gasteiger partial charge in [0.1, 0.15) is 12.4 Å². The molecule has 0 saturated heterocycles. The summed E-state index contributed by atoms with van der Waals surface area (Å²) in [7, 11) is 0. The quantitative estimate of drug-likeness (QED) is 0.394. The molecule has 0 aliphatic heterocycles. The Kier molecular flexibility index (Phi) is 5.06. The van der Waals surface area contributed by atoms with Crippen LogP contribution in [0.25, 0.3) is 27.9 Å². The molecular formula is C23H21N3O2. The summed E-state index contributed by atoms with van der Waals surface area (Å²) >= 11 is 0. The van der Waals surface area contributed by atoms with E-state index in [0.29, 0.717) is 13.2 Å². The molecule has 140 valence electrons. The summed E-state index contributed by atoms with van der Waals surface area (Å²) in [5.74, 6) is 0.625. The minimum absolute atomic E-state index is 0.138. The summed E-state index contributed by atoms with van der Waals surface area (Å²) in [5, 5.41) is 5.13. The molecule has 0 aliphatic rings. The monoisotopic (exact) mass is 371 g/mol. The minimum atomic E-state index is -0.138. The molecule has 0 unspecified atom stereocenters. The minimum Gasteiger partial charge on any atom is -0.492 e. The summed E-state index contributed by atoms with van der Waals surface area (Å²) in [6.07, 6.45) is 5.14. The fraction of sp³-hybridized carbons (Fsp3) is 0.130. The number of rotatable bonds is 6. The summed E-state index contributed by atoms with van der Waals surface area (Å²) in [6.45, 7) is 2.83. The zero-order chi connectivity index (χ0) is 19.3. The number of ether oxygens (including phenoxy) is 1. The molecule has 0 spiro atoms. The number of carbonyl (C=O) groups excluding carboxylic acids is 1. The lowest BCUT2D eigenvalue weighted by molar-refractivity contribution is -0.116. The number of aryl methyl sites for hydroxylation is 1. The number of pyridine rings is 1. The second kappa shape index (κ2) is 7.96. The number of H-pyrrole nitrogens is 1. The number of nitrogens with zero attached hydrogens (tertiary/aromatic N) is 1. The molecule has 0 saturated carbocycles. The first kappa shape index (κ1) is 17.8. The van der Waals surface area contributed by atoms with Crippen molar-refractivity contribution in [2.75, 3.05) is 13.2 Å². The number of nitrogens with one attached hydrogen (secondary N) is 2. The van der Waals surface area contributed by atoms with Crippen molar-refractivity contribution >= 4 is 33.8 Å². The van der Waals surface area contributed by atoms with E-state index in [1.54, 1.807) is 6.08 Å². The molecule has 4 aromatic rings. The summed E-state index contributed by atoms with van der Waals surface area (Å²) in [6, 6.07) is 17.7. The van der Waals surface area contributed by atoms with Crippen molar-refractivity contribution in [1.82, 2.24) is 15.3 Å². The van der Waals surface area contributed by atoms with E-state index in [-0.39, 0.29) is 5.91 Å². The summed E-state index contributed by atoms with van der Waals surface area (Å²) in [5.41, 5.74) is 4.03. The van der Waals surface area contributed by atoms with Crippen molar-refractivity contribution in [3.8, 4) is 5.75 Å². The van der Waals surface area contributed by atoms with Crippen LogP contribution in [0.2, 0.25) is 0 Å². The van der Waals surface area contributed by atoms with E-state index < -0.39 is 0 Å². The molecular weight excluding hydrogens is 350 g/mol. The van der Waals surface area contributed by atoms with Crippen LogP contribution >= 0.6 is 0 Å². The van der Waals surface area contributed by atoms with Gasteiger partial charge in [-0.05, 0) is 36.8 Å². The first-order valence-corrected chi connectivity index (χ1v) is 9.21. The molecule has 5 heteroatoms. The van der Waals surface area contributed by atoms with Crippen LogP contribution in [0.1, 0.15) is 11.3 Å². The van der Waals surface area contributed by atoms with Gasteiger partial charge in [-0.15, -0.1) is 0 Å². The lowest BCUT2D eigenvalue weighted by atomic mass is 10.1. The summed E-state index contributed by atoms with van der Waals surface area (Å²) < 4.78 is 5.78. The van der Waals surface area contributed by atoms with Crippen molar-refractivity contribution in [2.45, 2.75) is 6.92 Å². The highest BCUT2D eigenvalue weighted by atomic mass is 16.5. The van der Waals surface area contributed by atoms with Gasteiger partial charge in [-0.2, -0.15) is 0 Å². The number of hydrogen-bond donors (Lipinski definition) is 2. The van der Waals surface area contributed by atoms with Gasteiger partial charge in [-0.3, -0.25) is 9.78 Å². The first-order chi connectivity index (χ1) is 13.7. The van der Waals surface area contributed by atoms with E-state index >= 15 is 0 Å². The molecule has 4 rings (SSSR count). The molecule has 5 nitrogen and oxygen atoms in total. The predicted molar refractivity (Wildman–Crippen MR) is 112 cm³/mol. The smallest absolute Gasteiger partial charge is 0.244 e. The molecule has 2 aromatic carbocycles. The number of aromatic amines is 1. The third-order valence-electron chi connectivity index (χ3n) is 4.58. The lowest BCUT2D eigenvalue weighted by Crippen LogP contribution is -2.26. The van der Waals surface area contributed by atoms with Crippen molar-refractivity contribution in [3.05, 3.63) is 78.1 Å². The van der Waals surface area contributed by atoms with Crippen molar-refractivity contribution < 1.29 is 9.53 Å². The number of amides is 1. The predicted octanol–water partition coefficient (Wildman–Crippen LogP) is 4.23. The normalized spacial score (nSPS) is 11.3. The topological polar surface area (TPSA) is 67.0 Å². The van der Waals surface area contributed by atoms with Crippen LogP contribution in [-0.2, 0) is 4.79 Å². The lowest BCUT2D eigenvalue weighted by Gasteiger charge is -2.06. The number of benzene rings is 2. The van der Waals surface area contributed by atoms with Crippen LogP contribution in [0.3, 0.4) is 0 Å². The van der Waals surface area contributed by atoms with Crippen LogP contribution in [0.4, 0.5) is 0 Å². The van der Waals surface area contributed by atoms with Gasteiger partial charge in [0.15, 0.2) is 0 Å². The Morgan fingerprint density at radius 2 is 2.00 bits per heavy atom. The standard InChI is InChI=1S/C23H21N3O2/c1-16-23-20(11-12-24-16)19-9-8-18(15-21(19)26-23)28-14-13-25-22(27)10-7-17-5-3-2-4-6-17/h2-12,15,26H,13-14H2,1H3,(H,25,27)/b10-7+. The molecule has 0 radical (unpaired) electrons. The fourth-order valence-corrected chi connectivity index (χ4v) is 3.17. The average molecular weight is 371 g/mol. The SMILES string of the molecule is Cc1nccc2c1[nH]c1cc(OCCNC(=O)/C=C/c3ccccc3)ccc12. The number of aromatic nitrogens is 2. The second-order valence-corrected chi connectivity index (χ2v) is 6.53. The largest absolute Gasteiger partial charge is 0.492 e. The second-order valence-electron chi connectivity index (χ2n) is 6.53. The van der Waals surface area contributed by atoms with Gasteiger partial charge in [0.2, 0.25) is 5.91 Å². The van der Waals surface area contributed by atoms with Gasteiger partial charge in [-0.1, -0.05) is 30.3 Å². The third-order valence-corrected chi connectivity index (χ3v) is 4.58. The van der Waals surface area contributed by atoms with E-state index in [2.05, 4.69) is 15.3 Å². The Labute approximate surface area is 163 Å². The molecule has 0 atom stereocenters. The Bertz CT molecular complexity index is 1150. The maximum Gasteiger partial charge on any atom is 0.244 e. The van der Waals surface area contributed by atoms with Crippen molar-refractivity contribution in [3.63, 3.8) is 0 Å². The zero-order valence-corrected chi connectivity index (χ0v) is 15.6. The van der Waals surface area contributed by atoms with E-state index in [1.165, 1.54) is 6.08 Å². The average Bonchev–Trinajstić information content (AvgIpc) is 3.10. The first-order valence-electron chi connectivity index (χ1n) is 9.21. The van der Waals surface area contributed by atoms with Gasteiger partial charge in [0, 0.05) is 29.1 Å². The number of fused-ring (bicyclic) bond motifs is 3. The van der Waals surface area contributed by atoms with E-state index in [9.17, 15) is 4.79 Å². The molecule has 28 heavy (non-hydrogen) atoms. The molecule has 0 fully saturated rings.